The molecule has 2 atom stereocenters. The summed E-state index contributed by atoms with van der Waals surface area (Å²) in [5, 5.41) is 9.41. The molecule has 1 heterocycles. The monoisotopic (exact) mass is 321 g/mol. The maximum absolute atomic E-state index is 12.4. The smallest absolute Gasteiger partial charge is 0.411 e. The third kappa shape index (κ3) is 3.94. The van der Waals surface area contributed by atoms with E-state index in [2.05, 4.69) is 0 Å². The Bertz CT molecular complexity index is 576. The first kappa shape index (κ1) is 17.1. The second kappa shape index (κ2) is 6.48. The molecule has 1 amide bonds. The van der Waals surface area contributed by atoms with Gasteiger partial charge in [-0.15, -0.1) is 0 Å². The lowest BCUT2D eigenvalue weighted by atomic mass is 9.91. The molecule has 1 unspecified atom stereocenters. The van der Waals surface area contributed by atoms with E-state index in [4.69, 9.17) is 9.47 Å². The quantitative estimate of drug-likeness (QED) is 0.848. The van der Waals surface area contributed by atoms with E-state index in [0.717, 1.165) is 5.56 Å². The number of ether oxygens (including phenoxy) is 2. The first-order valence-corrected chi connectivity index (χ1v) is 7.59. The molecule has 6 heteroatoms. The molecule has 6 nitrogen and oxygen atoms in total. The van der Waals surface area contributed by atoms with E-state index in [0.29, 0.717) is 13.0 Å². The van der Waals surface area contributed by atoms with Gasteiger partial charge in [0.25, 0.3) is 0 Å². The fourth-order valence-corrected chi connectivity index (χ4v) is 2.80. The van der Waals surface area contributed by atoms with E-state index < -0.39 is 23.7 Å². The lowest BCUT2D eigenvalue weighted by Crippen LogP contribution is -2.45. The molecular weight excluding hydrogens is 298 g/mol. The summed E-state index contributed by atoms with van der Waals surface area (Å²) in [6.45, 7) is 5.77. The maximum atomic E-state index is 12.4. The molecule has 1 aliphatic heterocycles. The van der Waals surface area contributed by atoms with E-state index in [1.807, 2.05) is 0 Å². The standard InChI is InChI=1S/C17H23NO5/c1-17(2,3)23-16(21)18-10-9-13(14(18)15(20)22-4)11-5-7-12(19)8-6-11/h5-8,13-14,19H,9-10H2,1-4H3/t13?,14-/m0/s1. The third-order valence-corrected chi connectivity index (χ3v) is 3.79. The average molecular weight is 321 g/mol. The molecule has 23 heavy (non-hydrogen) atoms. The van der Waals surface area contributed by atoms with Gasteiger partial charge in [-0.2, -0.15) is 0 Å². The summed E-state index contributed by atoms with van der Waals surface area (Å²) in [4.78, 5) is 26.0. The summed E-state index contributed by atoms with van der Waals surface area (Å²) >= 11 is 0. The lowest BCUT2D eigenvalue weighted by molar-refractivity contribution is -0.146. The number of nitrogens with zero attached hydrogens (tertiary/aromatic N) is 1. The van der Waals surface area contributed by atoms with Crippen LogP contribution in [0.1, 0.15) is 38.7 Å². The number of amides is 1. The van der Waals surface area contributed by atoms with Crippen LogP contribution in [-0.4, -0.2) is 47.4 Å². The van der Waals surface area contributed by atoms with Gasteiger partial charge >= 0.3 is 12.1 Å². The number of phenols is 1. The van der Waals surface area contributed by atoms with Crippen LogP contribution in [0.2, 0.25) is 0 Å². The summed E-state index contributed by atoms with van der Waals surface area (Å²) in [6, 6.07) is 5.93. The minimum absolute atomic E-state index is 0.158. The minimum Gasteiger partial charge on any atom is -0.508 e. The summed E-state index contributed by atoms with van der Waals surface area (Å²) in [6.07, 6.45) is 0.109. The second-order valence-electron chi connectivity index (χ2n) is 6.63. The number of methoxy groups -OCH3 is 1. The van der Waals surface area contributed by atoms with Crippen LogP contribution in [0.4, 0.5) is 4.79 Å². The zero-order chi connectivity index (χ0) is 17.2. The Kier molecular flexibility index (Phi) is 4.82. The van der Waals surface area contributed by atoms with Gasteiger partial charge in [0, 0.05) is 12.5 Å². The van der Waals surface area contributed by atoms with Crippen LogP contribution in [0.5, 0.6) is 5.75 Å². The second-order valence-corrected chi connectivity index (χ2v) is 6.63. The van der Waals surface area contributed by atoms with Crippen LogP contribution in [0, 0.1) is 0 Å². The normalized spacial score (nSPS) is 21.1. The van der Waals surface area contributed by atoms with E-state index in [1.54, 1.807) is 45.0 Å². The molecule has 1 fully saturated rings. The van der Waals surface area contributed by atoms with Crippen LogP contribution >= 0.6 is 0 Å². The fourth-order valence-electron chi connectivity index (χ4n) is 2.80. The number of likely N-dealkylation sites (tertiary alicyclic amines) is 1. The highest BCUT2D eigenvalue weighted by atomic mass is 16.6. The number of rotatable bonds is 2. The molecule has 1 aromatic rings. The molecule has 0 aromatic heterocycles. The summed E-state index contributed by atoms with van der Waals surface area (Å²) in [5.74, 6) is -0.493. The molecular formula is C17H23NO5. The van der Waals surface area contributed by atoms with E-state index in [1.165, 1.54) is 12.0 Å². The van der Waals surface area contributed by atoms with Crippen molar-refractivity contribution in [3.8, 4) is 5.75 Å². The number of benzene rings is 1. The van der Waals surface area contributed by atoms with Crippen LogP contribution in [0.25, 0.3) is 0 Å². The zero-order valence-electron chi connectivity index (χ0n) is 13.9. The number of carbonyl (C=O) groups excluding carboxylic acids is 2. The lowest BCUT2D eigenvalue weighted by Gasteiger charge is -2.29. The Labute approximate surface area is 136 Å². The molecule has 0 spiro atoms. The Morgan fingerprint density at radius 1 is 1.22 bits per heavy atom. The van der Waals surface area contributed by atoms with Gasteiger partial charge in [0.05, 0.1) is 7.11 Å². The van der Waals surface area contributed by atoms with Gasteiger partial charge < -0.3 is 14.6 Å². The minimum atomic E-state index is -0.723. The van der Waals surface area contributed by atoms with Crippen LogP contribution in [0.3, 0.4) is 0 Å². The SMILES string of the molecule is COC(=O)[C@@H]1C(c2ccc(O)cc2)CCN1C(=O)OC(C)(C)C. The van der Waals surface area contributed by atoms with Gasteiger partial charge in [0.1, 0.15) is 17.4 Å². The molecule has 1 saturated heterocycles. The van der Waals surface area contributed by atoms with Crippen LogP contribution in [0.15, 0.2) is 24.3 Å². The van der Waals surface area contributed by atoms with Crippen molar-refractivity contribution in [2.24, 2.45) is 0 Å². The van der Waals surface area contributed by atoms with Gasteiger partial charge in [-0.25, -0.2) is 9.59 Å². The Balaban J connectivity index is 2.26. The van der Waals surface area contributed by atoms with Crippen molar-refractivity contribution in [1.82, 2.24) is 4.90 Å². The highest BCUT2D eigenvalue weighted by Crippen LogP contribution is 2.35. The van der Waals surface area contributed by atoms with Crippen molar-refractivity contribution in [2.45, 2.75) is 44.8 Å². The fraction of sp³-hybridized carbons (Fsp3) is 0.529. The van der Waals surface area contributed by atoms with Gasteiger partial charge in [0.2, 0.25) is 0 Å². The van der Waals surface area contributed by atoms with Crippen molar-refractivity contribution in [1.29, 1.82) is 0 Å². The Morgan fingerprint density at radius 2 is 1.83 bits per heavy atom. The Morgan fingerprint density at radius 3 is 2.35 bits per heavy atom. The number of hydrogen-bond donors (Lipinski definition) is 1. The molecule has 1 aromatic carbocycles. The molecule has 2 rings (SSSR count). The van der Waals surface area contributed by atoms with Crippen molar-refractivity contribution in [3.05, 3.63) is 29.8 Å². The number of hydrogen-bond acceptors (Lipinski definition) is 5. The van der Waals surface area contributed by atoms with Crippen molar-refractivity contribution >= 4 is 12.1 Å². The first-order valence-electron chi connectivity index (χ1n) is 7.59. The number of esters is 1. The van der Waals surface area contributed by atoms with Crippen molar-refractivity contribution in [3.63, 3.8) is 0 Å². The Hall–Kier alpha value is -2.24. The van der Waals surface area contributed by atoms with Gasteiger partial charge in [-0.3, -0.25) is 4.90 Å². The van der Waals surface area contributed by atoms with E-state index >= 15 is 0 Å². The van der Waals surface area contributed by atoms with Crippen LogP contribution < -0.4 is 0 Å². The predicted molar refractivity (Wildman–Crippen MR) is 84.2 cm³/mol. The van der Waals surface area contributed by atoms with Gasteiger partial charge in [-0.1, -0.05) is 12.1 Å². The molecule has 126 valence electrons. The number of phenolic OH excluding ortho intramolecular Hbond substituents is 1. The van der Waals surface area contributed by atoms with E-state index in [-0.39, 0.29) is 11.7 Å². The predicted octanol–water partition coefficient (Wildman–Crippen LogP) is 2.66. The zero-order valence-corrected chi connectivity index (χ0v) is 13.9. The van der Waals surface area contributed by atoms with E-state index in [9.17, 15) is 14.7 Å². The summed E-state index contributed by atoms with van der Waals surface area (Å²) < 4.78 is 10.3. The topological polar surface area (TPSA) is 76.1 Å². The largest absolute Gasteiger partial charge is 0.508 e. The van der Waals surface area contributed by atoms with Gasteiger partial charge in [0.15, 0.2) is 0 Å². The average Bonchev–Trinajstić information content (AvgIpc) is 2.90. The molecule has 0 saturated carbocycles. The van der Waals surface area contributed by atoms with Crippen molar-refractivity contribution in [2.75, 3.05) is 13.7 Å². The van der Waals surface area contributed by atoms with Crippen LogP contribution in [-0.2, 0) is 14.3 Å². The first-order chi connectivity index (χ1) is 10.7. The molecule has 1 aliphatic rings. The highest BCUT2D eigenvalue weighted by Gasteiger charge is 2.44. The molecule has 0 bridgehead atoms. The molecule has 0 aliphatic carbocycles. The van der Waals surface area contributed by atoms with Gasteiger partial charge in [-0.05, 0) is 44.9 Å². The number of carbonyl (C=O) groups is 2. The molecule has 0 radical (unpaired) electrons. The molecule has 1 N–H and O–H groups in total. The third-order valence-electron chi connectivity index (χ3n) is 3.79. The number of aromatic hydroxyl groups is 1. The maximum Gasteiger partial charge on any atom is 0.411 e. The highest BCUT2D eigenvalue weighted by molar-refractivity contribution is 5.83. The summed E-state index contributed by atoms with van der Waals surface area (Å²) in [5.41, 5.74) is 0.248. The van der Waals surface area contributed by atoms with Crippen molar-refractivity contribution < 1.29 is 24.2 Å². The summed E-state index contributed by atoms with van der Waals surface area (Å²) in [7, 11) is 1.31.